The quantitative estimate of drug-likeness (QED) is 0.565. The maximum absolute atomic E-state index is 11.1. The summed E-state index contributed by atoms with van der Waals surface area (Å²) in [5.41, 5.74) is 0.742. The predicted octanol–water partition coefficient (Wildman–Crippen LogP) is 2.86. The second kappa shape index (κ2) is 9.00. The van der Waals surface area contributed by atoms with Crippen LogP contribution in [0.2, 0.25) is 0 Å². The second-order valence-electron chi connectivity index (χ2n) is 5.49. The number of nitro groups is 1. The zero-order valence-corrected chi connectivity index (χ0v) is 13.7. The molecule has 0 bridgehead atoms. The molecule has 24 heavy (non-hydrogen) atoms. The van der Waals surface area contributed by atoms with Crippen LogP contribution in [0.25, 0.3) is 0 Å². The highest BCUT2D eigenvalue weighted by Crippen LogP contribution is 2.19. The third kappa shape index (κ3) is 5.33. The molecule has 0 saturated carbocycles. The topological polar surface area (TPSA) is 75.8 Å². The lowest BCUT2D eigenvalue weighted by Gasteiger charge is -2.23. The summed E-state index contributed by atoms with van der Waals surface area (Å²) in [6, 6.07) is 16.0. The van der Waals surface area contributed by atoms with Crippen molar-refractivity contribution >= 4 is 5.69 Å². The van der Waals surface area contributed by atoms with Gasteiger partial charge >= 0.3 is 0 Å². The van der Waals surface area contributed by atoms with Crippen LogP contribution < -0.4 is 4.74 Å². The van der Waals surface area contributed by atoms with Crippen LogP contribution in [0.15, 0.2) is 54.6 Å². The number of likely N-dealkylation sites (N-methyl/N-ethyl adjacent to an activating group) is 1. The second-order valence-corrected chi connectivity index (χ2v) is 5.49. The van der Waals surface area contributed by atoms with Crippen molar-refractivity contribution < 1.29 is 14.8 Å². The molecule has 2 aromatic rings. The lowest BCUT2D eigenvalue weighted by molar-refractivity contribution is -0.385. The number of nitrogens with zero attached hydrogens (tertiary/aromatic N) is 2. The molecule has 0 fully saturated rings. The van der Waals surface area contributed by atoms with Gasteiger partial charge in [-0.05, 0) is 18.7 Å². The molecule has 0 aromatic heterocycles. The van der Waals surface area contributed by atoms with Crippen molar-refractivity contribution in [2.75, 3.05) is 19.7 Å². The average Bonchev–Trinajstić information content (AvgIpc) is 2.60. The molecule has 6 heteroatoms. The van der Waals surface area contributed by atoms with Crippen molar-refractivity contribution in [1.82, 2.24) is 4.90 Å². The maximum Gasteiger partial charge on any atom is 0.273 e. The SMILES string of the molecule is CCN(Cc1ccccc1[N+](=O)[O-])C[C@H](O)COc1ccccc1. The maximum atomic E-state index is 11.1. The van der Waals surface area contributed by atoms with E-state index in [2.05, 4.69) is 0 Å². The van der Waals surface area contributed by atoms with Gasteiger partial charge in [0.2, 0.25) is 0 Å². The minimum absolute atomic E-state index is 0.103. The van der Waals surface area contributed by atoms with Gasteiger partial charge in [-0.2, -0.15) is 0 Å². The Hall–Kier alpha value is -2.44. The molecule has 0 aliphatic carbocycles. The number of nitro benzene ring substituents is 1. The molecule has 2 rings (SSSR count). The van der Waals surface area contributed by atoms with Gasteiger partial charge in [0.1, 0.15) is 18.5 Å². The summed E-state index contributed by atoms with van der Waals surface area (Å²) in [4.78, 5) is 12.7. The average molecular weight is 330 g/mol. The predicted molar refractivity (Wildman–Crippen MR) is 92.0 cm³/mol. The van der Waals surface area contributed by atoms with Crippen molar-refractivity contribution in [3.63, 3.8) is 0 Å². The summed E-state index contributed by atoms with van der Waals surface area (Å²) in [6.07, 6.45) is -0.673. The fraction of sp³-hybridized carbons (Fsp3) is 0.333. The number of rotatable bonds is 9. The van der Waals surface area contributed by atoms with Crippen LogP contribution in [0.4, 0.5) is 5.69 Å². The van der Waals surface area contributed by atoms with E-state index in [0.717, 1.165) is 0 Å². The van der Waals surface area contributed by atoms with Crippen LogP contribution in [0.1, 0.15) is 12.5 Å². The molecule has 0 aliphatic heterocycles. The summed E-state index contributed by atoms with van der Waals surface area (Å²) >= 11 is 0. The smallest absolute Gasteiger partial charge is 0.273 e. The molecule has 0 radical (unpaired) electrons. The first-order valence-corrected chi connectivity index (χ1v) is 7.90. The van der Waals surface area contributed by atoms with Gasteiger partial charge in [0.15, 0.2) is 0 Å². The van der Waals surface area contributed by atoms with Crippen LogP contribution in [0.3, 0.4) is 0 Å². The molecule has 0 spiro atoms. The Morgan fingerprint density at radius 1 is 1.17 bits per heavy atom. The first-order chi connectivity index (χ1) is 11.6. The Labute approximate surface area is 141 Å². The van der Waals surface area contributed by atoms with Gasteiger partial charge < -0.3 is 9.84 Å². The van der Waals surface area contributed by atoms with E-state index in [9.17, 15) is 15.2 Å². The number of benzene rings is 2. The zero-order valence-electron chi connectivity index (χ0n) is 13.7. The summed E-state index contributed by atoms with van der Waals surface area (Å²) in [7, 11) is 0. The molecular weight excluding hydrogens is 308 g/mol. The van der Waals surface area contributed by atoms with E-state index in [0.29, 0.717) is 30.9 Å². The highest BCUT2D eigenvalue weighted by atomic mass is 16.6. The molecule has 0 aliphatic rings. The van der Waals surface area contributed by atoms with E-state index >= 15 is 0 Å². The van der Waals surface area contributed by atoms with E-state index in [1.807, 2.05) is 42.2 Å². The molecule has 0 unspecified atom stereocenters. The number of aliphatic hydroxyl groups excluding tert-OH is 1. The number of aliphatic hydroxyl groups is 1. The van der Waals surface area contributed by atoms with Crippen LogP contribution in [-0.4, -0.2) is 40.7 Å². The van der Waals surface area contributed by atoms with E-state index in [4.69, 9.17) is 4.74 Å². The summed E-state index contributed by atoms with van der Waals surface area (Å²) in [5.74, 6) is 0.707. The van der Waals surface area contributed by atoms with Crippen molar-refractivity contribution in [1.29, 1.82) is 0 Å². The normalized spacial score (nSPS) is 12.1. The minimum atomic E-state index is -0.673. The van der Waals surface area contributed by atoms with E-state index in [1.165, 1.54) is 6.07 Å². The largest absolute Gasteiger partial charge is 0.491 e. The zero-order chi connectivity index (χ0) is 17.4. The van der Waals surface area contributed by atoms with Gasteiger partial charge in [0.25, 0.3) is 5.69 Å². The van der Waals surface area contributed by atoms with E-state index in [-0.39, 0.29) is 17.2 Å². The van der Waals surface area contributed by atoms with Gasteiger partial charge in [-0.1, -0.05) is 43.3 Å². The van der Waals surface area contributed by atoms with Crippen LogP contribution in [0.5, 0.6) is 5.75 Å². The fourth-order valence-corrected chi connectivity index (χ4v) is 2.43. The summed E-state index contributed by atoms with van der Waals surface area (Å²) in [6.45, 7) is 3.61. The van der Waals surface area contributed by atoms with Gasteiger partial charge in [0.05, 0.1) is 4.92 Å². The minimum Gasteiger partial charge on any atom is -0.491 e. The standard InChI is InChI=1S/C18H22N2O4/c1-2-19(12-15-8-6-7-11-18(15)20(22)23)13-16(21)14-24-17-9-4-3-5-10-17/h3-11,16,21H,2,12-14H2,1H3/t16-/m0/s1. The Morgan fingerprint density at radius 3 is 2.50 bits per heavy atom. The number of hydrogen-bond donors (Lipinski definition) is 1. The molecule has 2 aromatic carbocycles. The van der Waals surface area contributed by atoms with Crippen LogP contribution >= 0.6 is 0 Å². The molecule has 1 atom stereocenters. The summed E-state index contributed by atoms with van der Waals surface area (Å²) < 4.78 is 5.54. The molecule has 0 saturated heterocycles. The first kappa shape index (κ1) is 17.9. The van der Waals surface area contributed by atoms with Crippen LogP contribution in [-0.2, 0) is 6.54 Å². The van der Waals surface area contributed by atoms with E-state index < -0.39 is 6.10 Å². The van der Waals surface area contributed by atoms with Crippen molar-refractivity contribution in [3.8, 4) is 5.75 Å². The lowest BCUT2D eigenvalue weighted by atomic mass is 10.1. The van der Waals surface area contributed by atoms with Gasteiger partial charge in [-0.15, -0.1) is 0 Å². The third-order valence-corrected chi connectivity index (χ3v) is 3.68. The van der Waals surface area contributed by atoms with Gasteiger partial charge in [-0.25, -0.2) is 0 Å². The number of hydrogen-bond acceptors (Lipinski definition) is 5. The lowest BCUT2D eigenvalue weighted by Crippen LogP contribution is -2.35. The van der Waals surface area contributed by atoms with Crippen LogP contribution in [0, 0.1) is 10.1 Å². The molecule has 6 nitrogen and oxygen atoms in total. The van der Waals surface area contributed by atoms with Crippen molar-refractivity contribution in [2.45, 2.75) is 19.6 Å². The first-order valence-electron chi connectivity index (χ1n) is 7.90. The Kier molecular flexibility index (Phi) is 6.72. The Morgan fingerprint density at radius 2 is 1.83 bits per heavy atom. The number of para-hydroxylation sites is 2. The monoisotopic (exact) mass is 330 g/mol. The Balaban J connectivity index is 1.91. The van der Waals surface area contributed by atoms with Crippen molar-refractivity contribution in [3.05, 3.63) is 70.3 Å². The molecule has 0 heterocycles. The van der Waals surface area contributed by atoms with Gasteiger partial charge in [-0.3, -0.25) is 15.0 Å². The number of ether oxygens (including phenoxy) is 1. The van der Waals surface area contributed by atoms with Gasteiger partial charge in [0, 0.05) is 24.7 Å². The molecule has 0 amide bonds. The highest BCUT2D eigenvalue weighted by Gasteiger charge is 2.17. The molecular formula is C18H22N2O4. The highest BCUT2D eigenvalue weighted by molar-refractivity contribution is 5.39. The molecule has 1 N–H and O–H groups in total. The van der Waals surface area contributed by atoms with Crippen molar-refractivity contribution in [2.24, 2.45) is 0 Å². The van der Waals surface area contributed by atoms with E-state index in [1.54, 1.807) is 18.2 Å². The molecule has 128 valence electrons. The third-order valence-electron chi connectivity index (χ3n) is 3.68. The fourth-order valence-electron chi connectivity index (χ4n) is 2.43. The summed E-state index contributed by atoms with van der Waals surface area (Å²) in [5, 5.41) is 21.3. The Bertz CT molecular complexity index is 648.